The fraction of sp³-hybridized carbons (Fsp3) is 0.400. The molecule has 12 heteroatoms. The number of pyridine rings is 2. The average molecular weight is 552 g/mol. The Labute approximate surface area is 224 Å². The first-order chi connectivity index (χ1) is 17.4. The van der Waals surface area contributed by atoms with E-state index in [0.29, 0.717) is 47.5 Å². The predicted octanol–water partition coefficient (Wildman–Crippen LogP) is 3.28. The van der Waals surface area contributed by atoms with Crippen molar-refractivity contribution in [2.24, 2.45) is 0 Å². The number of aliphatic hydroxyl groups is 1. The zero-order chi connectivity index (χ0) is 25.2. The number of likely N-dealkylation sites (tertiary alicyclic amines) is 1. The van der Waals surface area contributed by atoms with E-state index in [1.54, 1.807) is 25.4 Å². The van der Waals surface area contributed by atoms with Gasteiger partial charge in [0.25, 0.3) is 5.91 Å². The quantitative estimate of drug-likeness (QED) is 0.410. The molecule has 1 fully saturated rings. The average Bonchev–Trinajstić information content (AvgIpc) is 2.87. The van der Waals surface area contributed by atoms with Crippen molar-refractivity contribution in [2.75, 3.05) is 38.7 Å². The van der Waals surface area contributed by atoms with Gasteiger partial charge in [-0.2, -0.15) is 0 Å². The Balaban J connectivity index is 0.00000320. The van der Waals surface area contributed by atoms with Crippen LogP contribution < -0.4 is 20.1 Å². The Morgan fingerprint density at radius 3 is 3.00 bits per heavy atom. The molecule has 4 heterocycles. The Bertz CT molecular complexity index is 1280. The minimum atomic E-state index is -1.14. The van der Waals surface area contributed by atoms with Crippen LogP contribution >= 0.6 is 24.0 Å². The number of nitrogens with one attached hydrogen (secondary N) is 2. The minimum absolute atomic E-state index is 0. The van der Waals surface area contributed by atoms with Crippen molar-refractivity contribution >= 4 is 46.6 Å². The number of amides is 1. The molecule has 9 nitrogen and oxygen atoms in total. The lowest BCUT2D eigenvalue weighted by molar-refractivity contribution is -0.118. The van der Waals surface area contributed by atoms with Crippen LogP contribution in [0.5, 0.6) is 11.5 Å². The summed E-state index contributed by atoms with van der Waals surface area (Å²) in [5, 5.41) is 18.0. The van der Waals surface area contributed by atoms with Crippen LogP contribution in [0.2, 0.25) is 5.02 Å². The van der Waals surface area contributed by atoms with E-state index < -0.39 is 12.3 Å². The summed E-state index contributed by atoms with van der Waals surface area (Å²) in [5.74, 6) is 1.13. The number of hydrogen-bond donors (Lipinski definition) is 3. The highest BCUT2D eigenvalue weighted by Gasteiger charge is 2.31. The van der Waals surface area contributed by atoms with Crippen LogP contribution in [0.1, 0.15) is 23.8 Å². The van der Waals surface area contributed by atoms with Gasteiger partial charge in [-0.3, -0.25) is 14.7 Å². The maximum absolute atomic E-state index is 15.1. The third-order valence-electron chi connectivity index (χ3n) is 6.56. The van der Waals surface area contributed by atoms with Crippen LogP contribution in [0, 0.1) is 0 Å². The molecule has 0 bridgehead atoms. The maximum atomic E-state index is 15.1. The second-order valence-corrected chi connectivity index (χ2v) is 9.36. The number of hydrogen-bond acceptors (Lipinski definition) is 8. The number of β-amino-alcohol motifs (C(OH)–C–C–N with tert-alkyl or cyclic N) is 1. The highest BCUT2D eigenvalue weighted by atomic mass is 35.5. The molecule has 198 valence electrons. The molecule has 0 saturated carbocycles. The second-order valence-electron chi connectivity index (χ2n) is 8.95. The highest BCUT2D eigenvalue weighted by Crippen LogP contribution is 2.31. The van der Waals surface area contributed by atoms with E-state index in [4.69, 9.17) is 21.1 Å². The van der Waals surface area contributed by atoms with Gasteiger partial charge in [-0.1, -0.05) is 11.6 Å². The molecule has 2 aromatic heterocycles. The van der Waals surface area contributed by atoms with Crippen molar-refractivity contribution in [1.29, 1.82) is 0 Å². The number of halogens is 3. The third kappa shape index (κ3) is 6.05. The van der Waals surface area contributed by atoms with Crippen LogP contribution in [0.25, 0.3) is 10.9 Å². The summed E-state index contributed by atoms with van der Waals surface area (Å²) in [6, 6.07) is 8.54. The van der Waals surface area contributed by atoms with E-state index in [1.807, 2.05) is 23.1 Å². The van der Waals surface area contributed by atoms with Crippen LogP contribution in [0.15, 0.2) is 36.5 Å². The van der Waals surface area contributed by atoms with Gasteiger partial charge in [-0.25, -0.2) is 9.37 Å². The molecule has 3 N–H and O–H groups in total. The van der Waals surface area contributed by atoms with Crippen LogP contribution in [0.3, 0.4) is 0 Å². The van der Waals surface area contributed by atoms with Crippen LogP contribution in [-0.4, -0.2) is 71.4 Å². The normalized spacial score (nSPS) is 20.4. The fourth-order valence-electron chi connectivity index (χ4n) is 4.64. The van der Waals surface area contributed by atoms with Crippen LogP contribution in [0.4, 0.5) is 10.2 Å². The van der Waals surface area contributed by atoms with Crippen molar-refractivity contribution in [3.05, 3.63) is 52.8 Å². The van der Waals surface area contributed by atoms with E-state index >= 15 is 4.39 Å². The number of anilines is 1. The molecule has 2 aliphatic rings. The number of piperidine rings is 1. The van der Waals surface area contributed by atoms with E-state index in [9.17, 15) is 9.90 Å². The molecule has 1 saturated heterocycles. The Morgan fingerprint density at radius 1 is 1.38 bits per heavy atom. The van der Waals surface area contributed by atoms with Gasteiger partial charge < -0.3 is 25.2 Å². The van der Waals surface area contributed by atoms with Crippen molar-refractivity contribution < 1.29 is 23.8 Å². The van der Waals surface area contributed by atoms with Gasteiger partial charge in [0.05, 0.1) is 29.4 Å². The first kappa shape index (κ1) is 27.3. The van der Waals surface area contributed by atoms with E-state index in [2.05, 4.69) is 20.6 Å². The molecular weight excluding hydrogens is 524 g/mol. The smallest absolute Gasteiger partial charge is 0.263 e. The molecule has 3 atom stereocenters. The summed E-state index contributed by atoms with van der Waals surface area (Å²) in [4.78, 5) is 22.2. The van der Waals surface area contributed by atoms with Crippen molar-refractivity contribution in [1.82, 2.24) is 20.2 Å². The topological polar surface area (TPSA) is 109 Å². The van der Waals surface area contributed by atoms with Crippen molar-refractivity contribution in [3.63, 3.8) is 0 Å². The van der Waals surface area contributed by atoms with Crippen molar-refractivity contribution in [3.8, 4) is 11.5 Å². The molecule has 0 unspecified atom stereocenters. The summed E-state index contributed by atoms with van der Waals surface area (Å²) in [6.07, 6.45) is 0.287. The molecule has 5 rings (SSSR count). The number of alkyl halides is 1. The molecule has 0 aliphatic carbocycles. The monoisotopic (exact) mass is 551 g/mol. The van der Waals surface area contributed by atoms with Crippen molar-refractivity contribution in [2.45, 2.75) is 31.3 Å². The van der Waals surface area contributed by atoms with Gasteiger partial charge in [-0.15, -0.1) is 12.4 Å². The van der Waals surface area contributed by atoms with E-state index in [1.165, 1.54) is 0 Å². The van der Waals surface area contributed by atoms with Gasteiger partial charge in [-0.05, 0) is 42.8 Å². The summed E-state index contributed by atoms with van der Waals surface area (Å²) >= 11 is 6.31. The number of ether oxygens (including phenoxy) is 2. The third-order valence-corrected chi connectivity index (χ3v) is 6.89. The highest BCUT2D eigenvalue weighted by molar-refractivity contribution is 6.31. The first-order valence-corrected chi connectivity index (χ1v) is 12.1. The largest absolute Gasteiger partial charge is 0.497 e. The Kier molecular flexibility index (Phi) is 8.66. The number of carbonyl (C=O) groups is 1. The number of methoxy groups -OCH3 is 1. The summed E-state index contributed by atoms with van der Waals surface area (Å²) < 4.78 is 25.7. The van der Waals surface area contributed by atoms with Gasteiger partial charge in [0.15, 0.2) is 18.2 Å². The number of rotatable bonds is 7. The molecule has 1 amide bonds. The molecule has 37 heavy (non-hydrogen) atoms. The van der Waals surface area contributed by atoms with Gasteiger partial charge in [0, 0.05) is 43.3 Å². The number of carbonyl (C=O) groups excluding carboxylic acids is 1. The molecule has 2 aliphatic heterocycles. The Morgan fingerprint density at radius 2 is 2.22 bits per heavy atom. The van der Waals surface area contributed by atoms with Gasteiger partial charge >= 0.3 is 0 Å². The van der Waals surface area contributed by atoms with E-state index in [0.717, 1.165) is 16.5 Å². The standard InChI is InChI=1S/C25H27ClFN5O4.ClH/c1-35-14-2-3-19-16(8-14)15(4-6-28-19)22(33)12-32-7-5-20(18(27)11-32)29-10-21-17(26)9-23-25(30-21)31-24(34)13-36-23;/h2-4,6,8-9,18,20,22,29,33H,5,7,10-13H2,1H3,(H,30,31,34);1H/t18-,20+,22+;/m1./s1. The lowest BCUT2D eigenvalue weighted by Gasteiger charge is -2.36. The number of benzene rings is 1. The molecular formula is C25H28Cl2FN5O4. The summed E-state index contributed by atoms with van der Waals surface area (Å²) in [5.41, 5.74) is 2.00. The number of aliphatic hydroxyl groups excluding tert-OH is 1. The first-order valence-electron chi connectivity index (χ1n) is 11.7. The summed E-state index contributed by atoms with van der Waals surface area (Å²) in [6.45, 7) is 1.29. The van der Waals surface area contributed by atoms with Gasteiger partial charge in [0.1, 0.15) is 11.9 Å². The second kappa shape index (κ2) is 11.7. The maximum Gasteiger partial charge on any atom is 0.263 e. The molecule has 0 spiro atoms. The minimum Gasteiger partial charge on any atom is -0.497 e. The predicted molar refractivity (Wildman–Crippen MR) is 140 cm³/mol. The van der Waals surface area contributed by atoms with E-state index in [-0.39, 0.29) is 44.1 Å². The zero-order valence-electron chi connectivity index (χ0n) is 20.1. The number of fused-ring (bicyclic) bond motifs is 2. The molecule has 3 aromatic rings. The fourth-order valence-corrected chi connectivity index (χ4v) is 4.85. The zero-order valence-corrected chi connectivity index (χ0v) is 21.7. The molecule has 1 aromatic carbocycles. The number of nitrogens with zero attached hydrogens (tertiary/aromatic N) is 3. The number of aromatic nitrogens is 2. The lowest BCUT2D eigenvalue weighted by Crippen LogP contribution is -2.51. The SMILES string of the molecule is COc1ccc2nccc([C@@H](O)CN3CC[C@H](NCc4nc5c(cc4Cl)OCC(=O)N5)[C@H](F)C3)c2c1.Cl. The van der Waals surface area contributed by atoms with Crippen LogP contribution in [-0.2, 0) is 11.3 Å². The van der Waals surface area contributed by atoms with Gasteiger partial charge in [0.2, 0.25) is 0 Å². The molecule has 0 radical (unpaired) electrons. The lowest BCUT2D eigenvalue weighted by atomic mass is 10.00. The summed E-state index contributed by atoms with van der Waals surface area (Å²) in [7, 11) is 1.59. The Hall–Kier alpha value is -2.76.